The van der Waals surface area contributed by atoms with Crippen LogP contribution in [0.15, 0.2) is 0 Å². The summed E-state index contributed by atoms with van der Waals surface area (Å²) in [5.41, 5.74) is 0. The van der Waals surface area contributed by atoms with Crippen LogP contribution in [-0.4, -0.2) is 60.5 Å². The summed E-state index contributed by atoms with van der Waals surface area (Å²) in [4.78, 5) is 28.4. The number of carbonyl (C=O) groups excluding carboxylic acids is 2. The predicted octanol–water partition coefficient (Wildman–Crippen LogP) is 2.98. The minimum absolute atomic E-state index is 0.102. The number of hydrogen-bond donors (Lipinski definition) is 0. The van der Waals surface area contributed by atoms with E-state index < -0.39 is 0 Å². The third-order valence-electron chi connectivity index (χ3n) is 5.04. The van der Waals surface area contributed by atoms with Crippen molar-refractivity contribution < 1.29 is 14.3 Å². The van der Waals surface area contributed by atoms with Gasteiger partial charge in [-0.1, -0.05) is 32.6 Å². The maximum absolute atomic E-state index is 12.1. The van der Waals surface area contributed by atoms with Crippen molar-refractivity contribution in [3.05, 3.63) is 0 Å². The molecule has 5 nitrogen and oxygen atoms in total. The lowest BCUT2D eigenvalue weighted by atomic mass is 10.2. The molecule has 0 aromatic rings. The zero-order valence-electron chi connectivity index (χ0n) is 15.3. The average molecular weight is 338 g/mol. The number of esters is 1. The largest absolute Gasteiger partial charge is 0.459 e. The Morgan fingerprint density at radius 2 is 1.79 bits per heavy atom. The molecule has 24 heavy (non-hydrogen) atoms. The van der Waals surface area contributed by atoms with Gasteiger partial charge in [0.25, 0.3) is 0 Å². The van der Waals surface area contributed by atoms with Crippen LogP contribution in [0.25, 0.3) is 0 Å². The van der Waals surface area contributed by atoms with Crippen LogP contribution in [0.1, 0.15) is 71.1 Å². The molecule has 5 heteroatoms. The first-order valence-corrected chi connectivity index (χ1v) is 9.88. The van der Waals surface area contributed by atoms with Gasteiger partial charge < -0.3 is 9.64 Å². The van der Waals surface area contributed by atoms with Crippen molar-refractivity contribution in [3.63, 3.8) is 0 Å². The normalized spacial score (nSPS) is 20.9. The van der Waals surface area contributed by atoms with Crippen molar-refractivity contribution in [2.24, 2.45) is 0 Å². The summed E-state index contributed by atoms with van der Waals surface area (Å²) in [5, 5.41) is 0. The maximum Gasteiger partial charge on any atom is 0.306 e. The van der Waals surface area contributed by atoms with Gasteiger partial charge in [-0.2, -0.15) is 0 Å². The molecule has 2 fully saturated rings. The highest BCUT2D eigenvalue weighted by molar-refractivity contribution is 5.78. The molecule has 2 rings (SSSR count). The fourth-order valence-electron chi connectivity index (χ4n) is 3.65. The summed E-state index contributed by atoms with van der Waals surface area (Å²) >= 11 is 0. The van der Waals surface area contributed by atoms with Gasteiger partial charge in [-0.05, 0) is 38.8 Å². The van der Waals surface area contributed by atoms with E-state index in [2.05, 4.69) is 11.8 Å². The Labute approximate surface area is 146 Å². The van der Waals surface area contributed by atoms with Gasteiger partial charge in [-0.25, -0.2) is 0 Å². The zero-order valence-corrected chi connectivity index (χ0v) is 15.3. The third kappa shape index (κ3) is 6.80. The van der Waals surface area contributed by atoms with Gasteiger partial charge in [0.1, 0.15) is 6.10 Å². The molecule has 2 saturated heterocycles. The van der Waals surface area contributed by atoms with Gasteiger partial charge in [0.15, 0.2) is 0 Å². The summed E-state index contributed by atoms with van der Waals surface area (Å²) in [7, 11) is 0. The van der Waals surface area contributed by atoms with Gasteiger partial charge >= 0.3 is 5.97 Å². The van der Waals surface area contributed by atoms with Gasteiger partial charge in [-0.15, -0.1) is 0 Å². The first-order valence-electron chi connectivity index (χ1n) is 9.88. The van der Waals surface area contributed by atoms with E-state index in [1.165, 1.54) is 25.7 Å². The van der Waals surface area contributed by atoms with Gasteiger partial charge in [0, 0.05) is 25.9 Å². The molecule has 2 aliphatic rings. The number of amides is 1. The van der Waals surface area contributed by atoms with Crippen LogP contribution >= 0.6 is 0 Å². The molecule has 2 heterocycles. The number of hydrogen-bond acceptors (Lipinski definition) is 4. The molecular formula is C19H34N2O3. The van der Waals surface area contributed by atoms with Crippen LogP contribution in [0.2, 0.25) is 0 Å². The molecule has 0 aromatic heterocycles. The molecule has 0 unspecified atom stereocenters. The molecule has 0 N–H and O–H groups in total. The quantitative estimate of drug-likeness (QED) is 0.479. The minimum atomic E-state index is -0.181. The molecule has 0 aromatic carbocycles. The summed E-state index contributed by atoms with van der Waals surface area (Å²) in [5.74, 6) is 0.104. The van der Waals surface area contributed by atoms with Crippen molar-refractivity contribution in [1.82, 2.24) is 9.80 Å². The molecule has 0 spiro atoms. The standard InChI is InChI=1S/C19H34N2O3/c1-2-3-6-11-19(23)24-17(16-21-14-9-10-18(21)22)15-20-12-7-4-5-8-13-20/h17H,2-16H2,1H3/t17-/m0/s1. The minimum Gasteiger partial charge on any atom is -0.459 e. The van der Waals surface area contributed by atoms with Crippen LogP contribution in [0.4, 0.5) is 0 Å². The number of carbonyl (C=O) groups is 2. The monoisotopic (exact) mass is 338 g/mol. The lowest BCUT2D eigenvalue weighted by Gasteiger charge is -2.29. The number of likely N-dealkylation sites (tertiary alicyclic amines) is 2. The van der Waals surface area contributed by atoms with E-state index in [-0.39, 0.29) is 18.0 Å². The Kier molecular flexibility index (Phi) is 8.57. The predicted molar refractivity (Wildman–Crippen MR) is 94.7 cm³/mol. The summed E-state index contributed by atoms with van der Waals surface area (Å²) in [6, 6.07) is 0. The number of unbranched alkanes of at least 4 members (excludes halogenated alkanes) is 2. The fraction of sp³-hybridized carbons (Fsp3) is 0.895. The molecule has 1 amide bonds. The smallest absolute Gasteiger partial charge is 0.306 e. The molecular weight excluding hydrogens is 304 g/mol. The van der Waals surface area contributed by atoms with Gasteiger partial charge in [0.05, 0.1) is 6.54 Å². The average Bonchev–Trinajstić information content (AvgIpc) is 2.80. The summed E-state index contributed by atoms with van der Waals surface area (Å²) in [6.45, 7) is 6.43. The Hall–Kier alpha value is -1.10. The van der Waals surface area contributed by atoms with Crippen LogP contribution in [-0.2, 0) is 14.3 Å². The Morgan fingerprint density at radius 1 is 1.04 bits per heavy atom. The van der Waals surface area contributed by atoms with Crippen molar-refractivity contribution >= 4 is 11.9 Å². The van der Waals surface area contributed by atoms with Crippen molar-refractivity contribution in [1.29, 1.82) is 0 Å². The van der Waals surface area contributed by atoms with E-state index in [4.69, 9.17) is 4.74 Å². The highest BCUT2D eigenvalue weighted by Crippen LogP contribution is 2.15. The van der Waals surface area contributed by atoms with Crippen LogP contribution in [0.3, 0.4) is 0 Å². The van der Waals surface area contributed by atoms with Crippen molar-refractivity contribution in [2.75, 3.05) is 32.7 Å². The molecule has 0 bridgehead atoms. The molecule has 0 radical (unpaired) electrons. The molecule has 0 saturated carbocycles. The van der Waals surface area contributed by atoms with E-state index in [1.807, 2.05) is 4.90 Å². The molecule has 0 aliphatic carbocycles. The van der Waals surface area contributed by atoms with Crippen molar-refractivity contribution in [2.45, 2.75) is 77.2 Å². The van der Waals surface area contributed by atoms with Crippen LogP contribution in [0.5, 0.6) is 0 Å². The van der Waals surface area contributed by atoms with E-state index in [9.17, 15) is 9.59 Å². The van der Waals surface area contributed by atoms with E-state index in [0.717, 1.165) is 51.9 Å². The van der Waals surface area contributed by atoms with E-state index in [0.29, 0.717) is 19.4 Å². The third-order valence-corrected chi connectivity index (χ3v) is 5.04. The number of nitrogens with zero attached hydrogens (tertiary/aromatic N) is 2. The van der Waals surface area contributed by atoms with Crippen LogP contribution < -0.4 is 0 Å². The fourth-order valence-corrected chi connectivity index (χ4v) is 3.65. The summed E-state index contributed by atoms with van der Waals surface area (Å²) < 4.78 is 5.78. The second-order valence-corrected chi connectivity index (χ2v) is 7.23. The SMILES string of the molecule is CCCCCC(=O)O[C@@H](CN1CCCCCC1)CN1CCCC1=O. The Balaban J connectivity index is 1.86. The summed E-state index contributed by atoms with van der Waals surface area (Å²) in [6.07, 6.45) is 9.99. The highest BCUT2D eigenvalue weighted by Gasteiger charge is 2.27. The Morgan fingerprint density at radius 3 is 2.42 bits per heavy atom. The highest BCUT2D eigenvalue weighted by atomic mass is 16.5. The van der Waals surface area contributed by atoms with Gasteiger partial charge in [-0.3, -0.25) is 14.5 Å². The molecule has 2 aliphatic heterocycles. The van der Waals surface area contributed by atoms with Crippen LogP contribution in [0, 0.1) is 0 Å². The lowest BCUT2D eigenvalue weighted by molar-refractivity contribution is -0.152. The lowest BCUT2D eigenvalue weighted by Crippen LogP contribution is -2.43. The number of rotatable bonds is 9. The maximum atomic E-state index is 12.1. The molecule has 1 atom stereocenters. The second-order valence-electron chi connectivity index (χ2n) is 7.23. The first-order chi connectivity index (χ1) is 11.7. The molecule has 138 valence electrons. The topological polar surface area (TPSA) is 49.9 Å². The van der Waals surface area contributed by atoms with E-state index >= 15 is 0 Å². The van der Waals surface area contributed by atoms with Gasteiger partial charge in [0.2, 0.25) is 5.91 Å². The van der Waals surface area contributed by atoms with E-state index in [1.54, 1.807) is 0 Å². The first kappa shape index (κ1) is 19.2. The Bertz CT molecular complexity index is 392. The van der Waals surface area contributed by atoms with Crippen molar-refractivity contribution in [3.8, 4) is 0 Å². The second kappa shape index (κ2) is 10.7. The number of ether oxygens (including phenoxy) is 1. The zero-order chi connectivity index (χ0) is 17.2.